The van der Waals surface area contributed by atoms with Crippen molar-refractivity contribution in [3.63, 3.8) is 0 Å². The van der Waals surface area contributed by atoms with Gasteiger partial charge in [0.1, 0.15) is 5.75 Å². The Hall–Kier alpha value is -1.62. The highest BCUT2D eigenvalue weighted by molar-refractivity contribution is 7.80. The van der Waals surface area contributed by atoms with Crippen molar-refractivity contribution in [1.82, 2.24) is 4.90 Å². The first-order chi connectivity index (χ1) is 9.52. The molecule has 0 unspecified atom stereocenters. The number of nitrogens with two attached hydrogens (primary N) is 1. The number of ether oxygens (including phenoxy) is 1. The Morgan fingerprint density at radius 2 is 1.95 bits per heavy atom. The largest absolute Gasteiger partial charge is 0.484 e. The fourth-order valence-corrected chi connectivity index (χ4v) is 1.84. The van der Waals surface area contributed by atoms with Crippen LogP contribution < -0.4 is 10.5 Å². The zero-order valence-corrected chi connectivity index (χ0v) is 12.9. The maximum absolute atomic E-state index is 12.1. The van der Waals surface area contributed by atoms with Gasteiger partial charge in [0.25, 0.3) is 5.91 Å². The highest BCUT2D eigenvalue weighted by Crippen LogP contribution is 2.11. The molecule has 0 radical (unpaired) electrons. The van der Waals surface area contributed by atoms with E-state index in [1.54, 1.807) is 4.90 Å². The zero-order valence-electron chi connectivity index (χ0n) is 12.1. The summed E-state index contributed by atoms with van der Waals surface area (Å²) in [5.41, 5.74) is 6.64. The van der Waals surface area contributed by atoms with Crippen LogP contribution in [0, 0.1) is 6.92 Å². The van der Waals surface area contributed by atoms with Crippen LogP contribution in [0.2, 0.25) is 0 Å². The average molecular weight is 294 g/mol. The van der Waals surface area contributed by atoms with Crippen LogP contribution in [0.15, 0.2) is 24.3 Å². The first-order valence-electron chi connectivity index (χ1n) is 6.78. The van der Waals surface area contributed by atoms with Gasteiger partial charge in [-0.15, -0.1) is 0 Å². The van der Waals surface area contributed by atoms with E-state index in [0.29, 0.717) is 30.2 Å². The third kappa shape index (κ3) is 6.02. The molecule has 5 heteroatoms. The Bertz CT molecular complexity index is 446. The highest BCUT2D eigenvalue weighted by atomic mass is 32.1. The molecule has 0 saturated heterocycles. The van der Waals surface area contributed by atoms with Crippen molar-refractivity contribution in [3.05, 3.63) is 29.8 Å². The van der Waals surface area contributed by atoms with E-state index < -0.39 is 0 Å². The molecule has 0 aromatic heterocycles. The fourth-order valence-electron chi connectivity index (χ4n) is 1.75. The van der Waals surface area contributed by atoms with Crippen molar-refractivity contribution in [1.29, 1.82) is 0 Å². The van der Waals surface area contributed by atoms with Crippen molar-refractivity contribution in [2.75, 3.05) is 19.7 Å². The second kappa shape index (κ2) is 8.53. The normalized spacial score (nSPS) is 10.1. The van der Waals surface area contributed by atoms with Crippen LogP contribution in [0.5, 0.6) is 5.75 Å². The van der Waals surface area contributed by atoms with E-state index in [-0.39, 0.29) is 12.5 Å². The number of aryl methyl sites for hydroxylation is 1. The molecule has 0 aliphatic rings. The average Bonchev–Trinajstić information content (AvgIpc) is 2.42. The van der Waals surface area contributed by atoms with Crippen LogP contribution in [0.25, 0.3) is 0 Å². The second-order valence-electron chi connectivity index (χ2n) is 4.70. The number of rotatable bonds is 8. The molecule has 1 aromatic rings. The Balaban J connectivity index is 2.48. The van der Waals surface area contributed by atoms with Gasteiger partial charge >= 0.3 is 0 Å². The molecule has 110 valence electrons. The number of thiocarbonyl (C=S) groups is 1. The van der Waals surface area contributed by atoms with Crippen molar-refractivity contribution in [2.45, 2.75) is 26.7 Å². The molecule has 2 N–H and O–H groups in total. The second-order valence-corrected chi connectivity index (χ2v) is 5.22. The molecule has 1 amide bonds. The summed E-state index contributed by atoms with van der Waals surface area (Å²) in [6.45, 7) is 5.33. The van der Waals surface area contributed by atoms with E-state index >= 15 is 0 Å². The summed E-state index contributed by atoms with van der Waals surface area (Å²) in [6, 6.07) is 7.64. The summed E-state index contributed by atoms with van der Waals surface area (Å²) in [7, 11) is 0. The van der Waals surface area contributed by atoms with E-state index in [9.17, 15) is 4.79 Å². The molecule has 0 heterocycles. The highest BCUT2D eigenvalue weighted by Gasteiger charge is 2.13. The monoisotopic (exact) mass is 294 g/mol. The molecule has 0 aliphatic carbocycles. The molecule has 0 saturated carbocycles. The lowest BCUT2D eigenvalue weighted by molar-refractivity contribution is -0.133. The van der Waals surface area contributed by atoms with Gasteiger partial charge in [-0.25, -0.2) is 0 Å². The molecule has 0 bridgehead atoms. The molecule has 0 aliphatic heterocycles. The van der Waals surface area contributed by atoms with E-state index in [4.69, 9.17) is 22.7 Å². The molecule has 1 aromatic carbocycles. The number of carbonyl (C=O) groups is 1. The molecule has 20 heavy (non-hydrogen) atoms. The maximum Gasteiger partial charge on any atom is 0.260 e. The Kier molecular flexibility index (Phi) is 7.01. The van der Waals surface area contributed by atoms with Crippen LogP contribution >= 0.6 is 12.2 Å². The Labute approximate surface area is 125 Å². The van der Waals surface area contributed by atoms with Gasteiger partial charge in [0.2, 0.25) is 0 Å². The van der Waals surface area contributed by atoms with Gasteiger partial charge in [0.15, 0.2) is 6.61 Å². The van der Waals surface area contributed by atoms with E-state index in [1.807, 2.05) is 38.1 Å². The predicted molar refractivity (Wildman–Crippen MR) is 84.9 cm³/mol. The lowest BCUT2D eigenvalue weighted by atomic mass is 10.2. The summed E-state index contributed by atoms with van der Waals surface area (Å²) in [6.07, 6.45) is 1.44. The summed E-state index contributed by atoms with van der Waals surface area (Å²) in [4.78, 5) is 14.3. The lowest BCUT2D eigenvalue weighted by Gasteiger charge is -2.22. The van der Waals surface area contributed by atoms with Crippen LogP contribution in [0.1, 0.15) is 25.3 Å². The quantitative estimate of drug-likeness (QED) is 0.747. The molecule has 0 atom stereocenters. The van der Waals surface area contributed by atoms with Gasteiger partial charge in [0.05, 0.1) is 4.99 Å². The number of carbonyl (C=O) groups excluding carboxylic acids is 1. The van der Waals surface area contributed by atoms with Crippen molar-refractivity contribution >= 4 is 23.1 Å². The van der Waals surface area contributed by atoms with Crippen LogP contribution in [-0.2, 0) is 4.79 Å². The number of benzene rings is 1. The first kappa shape index (κ1) is 16.4. The van der Waals surface area contributed by atoms with Gasteiger partial charge in [-0.2, -0.15) is 0 Å². The third-order valence-corrected chi connectivity index (χ3v) is 3.06. The fraction of sp³-hybridized carbons (Fsp3) is 0.467. The molecule has 0 spiro atoms. The summed E-state index contributed by atoms with van der Waals surface area (Å²) in [5.74, 6) is 0.665. The number of nitrogens with zero attached hydrogens (tertiary/aromatic N) is 1. The summed E-state index contributed by atoms with van der Waals surface area (Å²) >= 11 is 4.85. The Morgan fingerprint density at radius 1 is 1.30 bits per heavy atom. The predicted octanol–water partition coefficient (Wildman–Crippen LogP) is 2.29. The van der Waals surface area contributed by atoms with Crippen molar-refractivity contribution in [3.8, 4) is 5.75 Å². The number of amides is 1. The van der Waals surface area contributed by atoms with Gasteiger partial charge in [-0.05, 0) is 25.5 Å². The SMILES string of the molecule is CCCN(CCC(N)=S)C(=O)COc1ccc(C)cc1. The minimum Gasteiger partial charge on any atom is -0.484 e. The van der Waals surface area contributed by atoms with Crippen LogP contribution in [0.3, 0.4) is 0 Å². The van der Waals surface area contributed by atoms with Crippen LogP contribution in [-0.4, -0.2) is 35.5 Å². The van der Waals surface area contributed by atoms with E-state index in [0.717, 1.165) is 12.0 Å². The molecule has 4 nitrogen and oxygen atoms in total. The smallest absolute Gasteiger partial charge is 0.260 e. The number of hydrogen-bond donors (Lipinski definition) is 1. The van der Waals surface area contributed by atoms with Gasteiger partial charge in [0, 0.05) is 19.5 Å². The minimum absolute atomic E-state index is 0.0383. The topological polar surface area (TPSA) is 55.6 Å². The van der Waals surface area contributed by atoms with Gasteiger partial charge in [-0.1, -0.05) is 36.8 Å². The molecular weight excluding hydrogens is 272 g/mol. The molecular formula is C15H22N2O2S. The first-order valence-corrected chi connectivity index (χ1v) is 7.19. The zero-order chi connectivity index (χ0) is 15.0. The lowest BCUT2D eigenvalue weighted by Crippen LogP contribution is -2.37. The third-order valence-electron chi connectivity index (χ3n) is 2.86. The minimum atomic E-state index is -0.0383. The standard InChI is InChI=1S/C15H22N2O2S/c1-3-9-17(10-8-14(16)20)15(18)11-19-13-6-4-12(2)5-7-13/h4-7H,3,8-11H2,1-2H3,(H2,16,20). The van der Waals surface area contributed by atoms with Gasteiger partial charge < -0.3 is 15.4 Å². The van der Waals surface area contributed by atoms with Crippen molar-refractivity contribution < 1.29 is 9.53 Å². The van der Waals surface area contributed by atoms with E-state index in [1.165, 1.54) is 0 Å². The number of hydrogen-bond acceptors (Lipinski definition) is 3. The maximum atomic E-state index is 12.1. The molecule has 0 fully saturated rings. The molecule has 1 rings (SSSR count). The van der Waals surface area contributed by atoms with E-state index in [2.05, 4.69) is 0 Å². The van der Waals surface area contributed by atoms with Gasteiger partial charge in [-0.3, -0.25) is 4.79 Å². The van der Waals surface area contributed by atoms with Crippen LogP contribution in [0.4, 0.5) is 0 Å². The summed E-state index contributed by atoms with van der Waals surface area (Å²) in [5, 5.41) is 0. The Morgan fingerprint density at radius 3 is 2.50 bits per heavy atom. The van der Waals surface area contributed by atoms with Crippen molar-refractivity contribution in [2.24, 2.45) is 5.73 Å². The summed E-state index contributed by atoms with van der Waals surface area (Å²) < 4.78 is 5.50.